The second-order valence-corrected chi connectivity index (χ2v) is 11.2. The Morgan fingerprint density at radius 3 is 2.70 bits per heavy atom. The molecule has 1 saturated heterocycles. The minimum absolute atomic E-state index is 0.277. The fourth-order valence-electron chi connectivity index (χ4n) is 5.76. The van der Waals surface area contributed by atoms with Crippen LogP contribution in [0.2, 0.25) is 0 Å². The molecule has 37 heavy (non-hydrogen) atoms. The summed E-state index contributed by atoms with van der Waals surface area (Å²) < 4.78 is 1.21. The molecule has 1 aromatic carbocycles. The van der Waals surface area contributed by atoms with E-state index in [1.54, 1.807) is 12.3 Å². The molecule has 0 amide bonds. The predicted octanol–water partition coefficient (Wildman–Crippen LogP) is 3.76. The first-order valence-electron chi connectivity index (χ1n) is 12.5. The van der Waals surface area contributed by atoms with Crippen LogP contribution in [0.1, 0.15) is 24.5 Å². The number of anilines is 1. The third kappa shape index (κ3) is 4.55. The number of halogens is 1. The van der Waals surface area contributed by atoms with E-state index in [9.17, 15) is 14.7 Å². The molecular formula is C28H28ClN5O3. The van der Waals surface area contributed by atoms with E-state index in [-0.39, 0.29) is 6.04 Å². The normalized spacial score (nSPS) is 26.6. The number of nitrogens with one attached hydrogen (secondary N) is 1. The van der Waals surface area contributed by atoms with E-state index in [0.29, 0.717) is 46.4 Å². The number of carbonyl (C=O) groups is 1. The molecule has 2 aromatic heterocycles. The van der Waals surface area contributed by atoms with Crippen molar-refractivity contribution < 1.29 is 9.90 Å². The Bertz CT molecular complexity index is 1480. The maximum Gasteiger partial charge on any atom is 0.323 e. The van der Waals surface area contributed by atoms with Crippen LogP contribution in [0.3, 0.4) is 0 Å². The molecule has 3 atom stereocenters. The minimum atomic E-state index is -1.12. The number of aliphatic carboxylic acids is 1. The van der Waals surface area contributed by atoms with E-state index in [4.69, 9.17) is 11.6 Å². The molecular weight excluding hydrogens is 490 g/mol. The summed E-state index contributed by atoms with van der Waals surface area (Å²) in [4.78, 5) is 36.0. The van der Waals surface area contributed by atoms with Crippen molar-refractivity contribution in [2.75, 3.05) is 18.4 Å². The van der Waals surface area contributed by atoms with Crippen LogP contribution in [-0.4, -0.2) is 54.5 Å². The van der Waals surface area contributed by atoms with E-state index < -0.39 is 22.9 Å². The Morgan fingerprint density at radius 2 is 2.00 bits per heavy atom. The maximum atomic E-state index is 13.5. The molecule has 3 aromatic rings. The van der Waals surface area contributed by atoms with E-state index in [2.05, 4.69) is 44.5 Å². The summed E-state index contributed by atoms with van der Waals surface area (Å²) in [5, 5.41) is 13.6. The Labute approximate surface area is 219 Å². The fraction of sp³-hybridized carbons (Fsp3) is 0.357. The average molecular weight is 518 g/mol. The highest BCUT2D eigenvalue weighted by atomic mass is 35.5. The van der Waals surface area contributed by atoms with E-state index in [1.165, 1.54) is 10.1 Å². The predicted molar refractivity (Wildman–Crippen MR) is 144 cm³/mol. The molecule has 2 fully saturated rings. The summed E-state index contributed by atoms with van der Waals surface area (Å²) in [6.07, 6.45) is 7.84. The number of likely N-dealkylation sites (tertiary alicyclic amines) is 1. The summed E-state index contributed by atoms with van der Waals surface area (Å²) in [6, 6.07) is 12.5. The monoisotopic (exact) mass is 517 g/mol. The molecule has 3 heterocycles. The summed E-state index contributed by atoms with van der Waals surface area (Å²) in [7, 11) is 0. The molecule has 3 aliphatic rings. The number of hydrogen-bond acceptors (Lipinski definition) is 6. The van der Waals surface area contributed by atoms with Crippen LogP contribution < -0.4 is 10.9 Å². The van der Waals surface area contributed by atoms with Crippen molar-refractivity contribution in [3.8, 4) is 0 Å². The molecule has 0 radical (unpaired) electrons. The van der Waals surface area contributed by atoms with Crippen LogP contribution in [0.5, 0.6) is 0 Å². The zero-order chi connectivity index (χ0) is 25.7. The number of benzene rings is 1. The van der Waals surface area contributed by atoms with Crippen molar-refractivity contribution in [1.82, 2.24) is 19.4 Å². The number of alkyl halides is 1. The van der Waals surface area contributed by atoms with Gasteiger partial charge in [0.1, 0.15) is 12.2 Å². The number of pyridine rings is 1. The quantitative estimate of drug-likeness (QED) is 0.460. The van der Waals surface area contributed by atoms with Crippen molar-refractivity contribution in [2.24, 2.45) is 11.8 Å². The van der Waals surface area contributed by atoms with Gasteiger partial charge in [-0.25, -0.2) is 4.98 Å². The number of carboxylic acid groups (broad SMARTS) is 1. The fourth-order valence-corrected chi connectivity index (χ4v) is 6.01. The summed E-state index contributed by atoms with van der Waals surface area (Å²) in [5.74, 6) is 0.350. The number of nitrogens with zero attached hydrogens (tertiary/aromatic N) is 4. The van der Waals surface area contributed by atoms with Crippen molar-refractivity contribution >= 4 is 40.1 Å². The van der Waals surface area contributed by atoms with Crippen LogP contribution in [0.4, 0.5) is 5.95 Å². The summed E-state index contributed by atoms with van der Waals surface area (Å²) >= 11 is 6.72. The second kappa shape index (κ2) is 9.11. The van der Waals surface area contributed by atoms with Crippen LogP contribution in [0.15, 0.2) is 65.6 Å². The summed E-state index contributed by atoms with van der Waals surface area (Å²) in [5.41, 5.74) is 2.23. The minimum Gasteiger partial charge on any atom is -0.480 e. The van der Waals surface area contributed by atoms with Gasteiger partial charge in [-0.05, 0) is 42.4 Å². The van der Waals surface area contributed by atoms with Gasteiger partial charge in [0.15, 0.2) is 0 Å². The van der Waals surface area contributed by atoms with Crippen molar-refractivity contribution in [2.45, 2.75) is 37.4 Å². The highest BCUT2D eigenvalue weighted by Crippen LogP contribution is 2.47. The standard InChI is InChI=1S/C28H28ClN5O3/c1-28(29)10-6-5-9-22(28)19-11-18-12-30-27(32-25(18)34(26(19)37)16-23(35)36)31-24-20-14-33(15-21(20)24)13-17-7-3-2-4-8-17/h2-9,11-12,20-21,24H,10,13-16H2,1H3,(H,35,36)(H,30,31,32). The number of piperidine rings is 1. The van der Waals surface area contributed by atoms with Gasteiger partial charge in [-0.15, -0.1) is 11.6 Å². The molecule has 1 saturated carbocycles. The third-order valence-electron chi connectivity index (χ3n) is 7.69. The lowest BCUT2D eigenvalue weighted by molar-refractivity contribution is -0.137. The molecule has 8 nitrogen and oxygen atoms in total. The number of carboxylic acids is 1. The van der Waals surface area contributed by atoms with Gasteiger partial charge < -0.3 is 10.4 Å². The topological polar surface area (TPSA) is 100 Å². The largest absolute Gasteiger partial charge is 0.480 e. The Morgan fingerprint density at radius 1 is 1.24 bits per heavy atom. The molecule has 1 aliphatic heterocycles. The van der Waals surface area contributed by atoms with E-state index in [0.717, 1.165) is 19.6 Å². The SMILES string of the molecule is CC1(Cl)CC=CC=C1c1cc2cnc(NC3C4CN(Cc5ccccc5)CC43)nc2n(CC(=O)O)c1=O. The first-order chi connectivity index (χ1) is 17.8. The van der Waals surface area contributed by atoms with Crippen molar-refractivity contribution in [3.63, 3.8) is 0 Å². The first kappa shape index (κ1) is 23.9. The van der Waals surface area contributed by atoms with Gasteiger partial charge in [-0.1, -0.05) is 48.6 Å². The highest BCUT2D eigenvalue weighted by Gasteiger charge is 2.55. The third-order valence-corrected chi connectivity index (χ3v) is 8.04. The van der Waals surface area contributed by atoms with Crippen LogP contribution in [0.25, 0.3) is 16.6 Å². The van der Waals surface area contributed by atoms with Crippen LogP contribution in [-0.2, 0) is 17.9 Å². The van der Waals surface area contributed by atoms with Gasteiger partial charge in [0.2, 0.25) is 5.95 Å². The molecule has 190 valence electrons. The number of fused-ring (bicyclic) bond motifs is 2. The molecule has 2 N–H and O–H groups in total. The number of hydrogen-bond donors (Lipinski definition) is 2. The molecule has 0 spiro atoms. The first-order valence-corrected chi connectivity index (χ1v) is 12.9. The number of aromatic nitrogens is 3. The van der Waals surface area contributed by atoms with Gasteiger partial charge in [0, 0.05) is 42.8 Å². The van der Waals surface area contributed by atoms with Gasteiger partial charge >= 0.3 is 5.97 Å². The van der Waals surface area contributed by atoms with E-state index >= 15 is 0 Å². The number of allylic oxidation sites excluding steroid dienone is 4. The Hall–Kier alpha value is -3.49. The molecule has 9 heteroatoms. The lowest BCUT2D eigenvalue weighted by Crippen LogP contribution is -2.31. The van der Waals surface area contributed by atoms with Crippen molar-refractivity contribution in [1.29, 1.82) is 0 Å². The smallest absolute Gasteiger partial charge is 0.323 e. The average Bonchev–Trinajstić information content (AvgIpc) is 3.29. The number of rotatable bonds is 7. The Kier molecular flexibility index (Phi) is 5.88. The van der Waals surface area contributed by atoms with Gasteiger partial charge in [0.25, 0.3) is 5.56 Å². The lowest BCUT2D eigenvalue weighted by Gasteiger charge is -2.27. The molecule has 2 aliphatic carbocycles. The molecule has 0 bridgehead atoms. The van der Waals surface area contributed by atoms with E-state index in [1.807, 2.05) is 31.2 Å². The second-order valence-electron chi connectivity index (χ2n) is 10.4. The van der Waals surface area contributed by atoms with Gasteiger partial charge in [-0.3, -0.25) is 19.1 Å². The highest BCUT2D eigenvalue weighted by molar-refractivity contribution is 6.30. The van der Waals surface area contributed by atoms with Crippen LogP contribution in [0, 0.1) is 11.8 Å². The van der Waals surface area contributed by atoms with Crippen LogP contribution >= 0.6 is 11.6 Å². The Balaban J connectivity index is 1.25. The molecule has 3 unspecified atom stereocenters. The van der Waals surface area contributed by atoms with Crippen molar-refractivity contribution in [3.05, 3.63) is 82.3 Å². The molecule has 6 rings (SSSR count). The maximum absolute atomic E-state index is 13.5. The zero-order valence-corrected chi connectivity index (χ0v) is 21.2. The lowest BCUT2D eigenvalue weighted by atomic mass is 9.87. The zero-order valence-electron chi connectivity index (χ0n) is 20.5. The van der Waals surface area contributed by atoms with Gasteiger partial charge in [0.05, 0.1) is 4.87 Å². The summed E-state index contributed by atoms with van der Waals surface area (Å²) in [6.45, 7) is 4.33. The van der Waals surface area contributed by atoms with Gasteiger partial charge in [-0.2, -0.15) is 4.98 Å².